The first-order chi connectivity index (χ1) is 14.0. The fraction of sp³-hybridized carbons (Fsp3) is 0.409. The van der Waals surface area contributed by atoms with Gasteiger partial charge in [-0.25, -0.2) is 8.42 Å². The van der Waals surface area contributed by atoms with Crippen LogP contribution in [0.5, 0.6) is 5.75 Å². The van der Waals surface area contributed by atoms with Gasteiger partial charge in [0.2, 0.25) is 0 Å². The molecule has 6 rings (SSSR count). The zero-order chi connectivity index (χ0) is 20.1. The van der Waals surface area contributed by atoms with E-state index < -0.39 is 10.0 Å². The zero-order valence-corrected chi connectivity index (χ0v) is 17.6. The molecule has 152 valence electrons. The number of benzene rings is 2. The van der Waals surface area contributed by atoms with Crippen molar-refractivity contribution in [3.05, 3.63) is 64.7 Å². The third-order valence-electron chi connectivity index (χ3n) is 6.52. The molecule has 2 aromatic rings. The maximum atomic E-state index is 12.2. The number of rotatable bonds is 4. The minimum absolute atomic E-state index is 0.123. The van der Waals surface area contributed by atoms with Gasteiger partial charge in [0.25, 0.3) is 10.0 Å². The predicted molar refractivity (Wildman–Crippen MR) is 114 cm³/mol. The summed E-state index contributed by atoms with van der Waals surface area (Å²) < 4.78 is 34.6. The maximum Gasteiger partial charge on any atom is 0.256 e. The van der Waals surface area contributed by atoms with Crippen LogP contribution in [-0.4, -0.2) is 37.5 Å². The largest absolute Gasteiger partial charge is 0.489 e. The highest BCUT2D eigenvalue weighted by molar-refractivity contribution is 7.90. The maximum absolute atomic E-state index is 12.2. The van der Waals surface area contributed by atoms with Crippen LogP contribution < -0.4 is 4.74 Å². The van der Waals surface area contributed by atoms with Crippen molar-refractivity contribution in [3.63, 3.8) is 0 Å². The molecule has 29 heavy (non-hydrogen) atoms. The number of piperidine rings is 2. The van der Waals surface area contributed by atoms with Crippen molar-refractivity contribution in [2.45, 2.75) is 43.7 Å². The average Bonchev–Trinajstić information content (AvgIpc) is 2.73. The molecule has 7 heteroatoms. The van der Waals surface area contributed by atoms with E-state index in [1.807, 2.05) is 36.4 Å². The molecule has 2 aromatic carbocycles. The second-order valence-electron chi connectivity index (χ2n) is 8.11. The number of hydrogen-bond donors (Lipinski definition) is 0. The van der Waals surface area contributed by atoms with Crippen LogP contribution in [0.2, 0.25) is 5.02 Å². The van der Waals surface area contributed by atoms with Gasteiger partial charge < -0.3 is 9.64 Å². The minimum Gasteiger partial charge on any atom is -0.489 e. The van der Waals surface area contributed by atoms with Crippen LogP contribution in [0.25, 0.3) is 0 Å². The Hall–Kier alpha value is -2.05. The normalized spacial score (nSPS) is 27.3. The van der Waals surface area contributed by atoms with Gasteiger partial charge in [0, 0.05) is 23.2 Å². The van der Waals surface area contributed by atoms with Crippen LogP contribution in [0.1, 0.15) is 36.8 Å². The highest BCUT2D eigenvalue weighted by Gasteiger charge is 2.52. The number of ether oxygens (including phenoxy) is 1. The minimum atomic E-state index is -3.36. The van der Waals surface area contributed by atoms with Crippen LogP contribution in [0, 0.1) is 0 Å². The molecule has 0 radical (unpaired) electrons. The number of sulfonamides is 1. The van der Waals surface area contributed by atoms with Crippen molar-refractivity contribution < 1.29 is 13.2 Å². The molecule has 0 atom stereocenters. The van der Waals surface area contributed by atoms with Gasteiger partial charge in [0.1, 0.15) is 18.2 Å². The summed E-state index contributed by atoms with van der Waals surface area (Å²) >= 11 is 6.20. The summed E-state index contributed by atoms with van der Waals surface area (Å²) in [5.41, 5.74) is 1.77. The predicted octanol–water partition coefficient (Wildman–Crippen LogP) is 4.16. The molecule has 1 aliphatic carbocycles. The quantitative estimate of drug-likeness (QED) is 0.730. The lowest BCUT2D eigenvalue weighted by Gasteiger charge is -2.55. The molecule has 0 spiro atoms. The smallest absolute Gasteiger partial charge is 0.256 e. The molecule has 3 fully saturated rings. The Morgan fingerprint density at radius 2 is 1.83 bits per heavy atom. The lowest BCUT2D eigenvalue weighted by Crippen LogP contribution is -2.62. The van der Waals surface area contributed by atoms with Crippen LogP contribution in [0.3, 0.4) is 0 Å². The molecule has 0 unspecified atom stereocenters. The molecular weight excluding hydrogens is 408 g/mol. The van der Waals surface area contributed by atoms with E-state index in [1.165, 1.54) is 0 Å². The summed E-state index contributed by atoms with van der Waals surface area (Å²) in [6.07, 6.45) is 4.07. The van der Waals surface area contributed by atoms with Gasteiger partial charge in [0.05, 0.1) is 11.2 Å². The van der Waals surface area contributed by atoms with E-state index in [4.69, 9.17) is 16.3 Å². The first kappa shape index (κ1) is 18.9. The molecule has 2 bridgehead atoms. The van der Waals surface area contributed by atoms with Crippen molar-refractivity contribution >= 4 is 27.5 Å². The fourth-order valence-electron chi connectivity index (χ4n) is 4.96. The second kappa shape index (κ2) is 7.03. The van der Waals surface area contributed by atoms with Crippen molar-refractivity contribution in [2.75, 3.05) is 12.3 Å². The molecule has 3 heterocycles. The number of halogens is 1. The fourth-order valence-corrected chi connectivity index (χ4v) is 6.21. The Morgan fingerprint density at radius 1 is 1.10 bits per heavy atom. The Morgan fingerprint density at radius 3 is 2.55 bits per heavy atom. The summed E-state index contributed by atoms with van der Waals surface area (Å²) in [5, 5.41) is 0.693. The van der Waals surface area contributed by atoms with E-state index in [0.717, 1.165) is 48.4 Å². The first-order valence-electron chi connectivity index (χ1n) is 10.0. The van der Waals surface area contributed by atoms with Gasteiger partial charge in [-0.1, -0.05) is 41.9 Å². The molecule has 4 aliphatic rings. The molecule has 2 saturated heterocycles. The van der Waals surface area contributed by atoms with Crippen molar-refractivity contribution in [1.82, 2.24) is 4.90 Å². The Kier molecular flexibility index (Phi) is 4.59. The third kappa shape index (κ3) is 3.32. The van der Waals surface area contributed by atoms with E-state index in [1.54, 1.807) is 0 Å². The molecule has 0 aromatic heterocycles. The van der Waals surface area contributed by atoms with E-state index in [-0.39, 0.29) is 11.2 Å². The van der Waals surface area contributed by atoms with Crippen LogP contribution in [0.15, 0.2) is 52.9 Å². The van der Waals surface area contributed by atoms with Crippen LogP contribution in [0.4, 0.5) is 0 Å². The Bertz CT molecular complexity index is 1060. The summed E-state index contributed by atoms with van der Waals surface area (Å²) in [6, 6.07) is 16.1. The SMILES string of the molecule is O=S1(=O)CCN2C(=N1)C1(c3ccc(OCc4ccccc4Cl)cc3)CCC2CC1. The number of amidine groups is 1. The number of hydrogen-bond acceptors (Lipinski definition) is 4. The Balaban J connectivity index is 1.41. The molecule has 0 N–H and O–H groups in total. The summed E-state index contributed by atoms with van der Waals surface area (Å²) in [6.45, 7) is 0.969. The molecular formula is C22H23ClN2O3S. The van der Waals surface area contributed by atoms with Gasteiger partial charge in [-0.05, 0) is 49.4 Å². The topological polar surface area (TPSA) is 59.0 Å². The molecule has 3 aliphatic heterocycles. The number of nitrogens with zero attached hydrogens (tertiary/aromatic N) is 2. The highest BCUT2D eigenvalue weighted by atomic mass is 35.5. The van der Waals surface area contributed by atoms with E-state index in [9.17, 15) is 8.42 Å². The van der Waals surface area contributed by atoms with Crippen molar-refractivity contribution in [1.29, 1.82) is 0 Å². The van der Waals surface area contributed by atoms with Gasteiger partial charge >= 0.3 is 0 Å². The second-order valence-corrected chi connectivity index (χ2v) is 10.3. The van der Waals surface area contributed by atoms with E-state index >= 15 is 0 Å². The summed E-state index contributed by atoms with van der Waals surface area (Å²) in [5.74, 6) is 1.65. The molecule has 0 amide bonds. The lowest BCUT2D eigenvalue weighted by molar-refractivity contribution is 0.151. The highest BCUT2D eigenvalue weighted by Crippen LogP contribution is 2.49. The van der Waals surface area contributed by atoms with Crippen molar-refractivity contribution in [3.8, 4) is 5.75 Å². The lowest BCUT2D eigenvalue weighted by atomic mass is 9.63. The van der Waals surface area contributed by atoms with Crippen molar-refractivity contribution in [2.24, 2.45) is 4.40 Å². The monoisotopic (exact) mass is 430 g/mol. The Labute approximate surface area is 176 Å². The van der Waals surface area contributed by atoms with Gasteiger partial charge in [0.15, 0.2) is 0 Å². The molecule has 5 nitrogen and oxygen atoms in total. The van der Waals surface area contributed by atoms with Gasteiger partial charge in [-0.3, -0.25) is 0 Å². The zero-order valence-electron chi connectivity index (χ0n) is 16.1. The van der Waals surface area contributed by atoms with E-state index in [2.05, 4.69) is 21.4 Å². The standard InChI is InChI=1S/C22H23ClN2O3S/c23-20-4-2-1-3-16(20)15-28-19-7-5-17(6-8-19)22-11-9-18(10-12-22)25-13-14-29(26,27)24-21(22)25/h1-8,18H,9-15H2. The van der Waals surface area contributed by atoms with Crippen LogP contribution in [-0.2, 0) is 22.0 Å². The average molecular weight is 431 g/mol. The third-order valence-corrected chi connectivity index (χ3v) is 8.04. The van der Waals surface area contributed by atoms with Gasteiger partial charge in [-0.15, -0.1) is 4.40 Å². The summed E-state index contributed by atoms with van der Waals surface area (Å²) in [7, 11) is -3.36. The first-order valence-corrected chi connectivity index (χ1v) is 12.0. The van der Waals surface area contributed by atoms with Gasteiger partial charge in [-0.2, -0.15) is 0 Å². The van der Waals surface area contributed by atoms with E-state index in [0.29, 0.717) is 24.2 Å². The van der Waals surface area contributed by atoms with Crippen LogP contribution >= 0.6 is 11.6 Å². The molecule has 1 saturated carbocycles. The summed E-state index contributed by atoms with van der Waals surface area (Å²) in [4.78, 5) is 2.25. The number of fused-ring (bicyclic) bond motifs is 2.